The van der Waals surface area contributed by atoms with Crippen LogP contribution in [-0.2, 0) is 11.2 Å². The lowest BCUT2D eigenvalue weighted by molar-refractivity contribution is -0.121. The monoisotopic (exact) mass is 319 g/mol. The van der Waals surface area contributed by atoms with Crippen molar-refractivity contribution in [3.63, 3.8) is 0 Å². The van der Waals surface area contributed by atoms with Gasteiger partial charge >= 0.3 is 0 Å². The fourth-order valence-corrected chi connectivity index (χ4v) is 1.96. The first kappa shape index (κ1) is 15.1. The molecular weight excluding hydrogens is 304 g/mol. The third kappa shape index (κ3) is 4.72. The van der Waals surface area contributed by atoms with E-state index in [1.165, 1.54) is 12.1 Å². The van der Waals surface area contributed by atoms with Crippen LogP contribution in [0.4, 0.5) is 8.78 Å². The van der Waals surface area contributed by atoms with Gasteiger partial charge in [-0.3, -0.25) is 4.79 Å². The molecule has 1 aromatic rings. The quantitative estimate of drug-likeness (QED) is 0.802. The molecule has 0 heterocycles. The van der Waals surface area contributed by atoms with E-state index in [0.29, 0.717) is 0 Å². The minimum absolute atomic E-state index is 0.0340. The summed E-state index contributed by atoms with van der Waals surface area (Å²) in [6, 6.07) is 3.89. The summed E-state index contributed by atoms with van der Waals surface area (Å²) in [7, 11) is 0. The summed E-state index contributed by atoms with van der Waals surface area (Å²) in [5.74, 6) is -2.16. The van der Waals surface area contributed by atoms with E-state index in [2.05, 4.69) is 21.2 Å². The Morgan fingerprint density at radius 2 is 2.17 bits per heavy atom. The number of hydrogen-bond donors (Lipinski definition) is 1. The summed E-state index contributed by atoms with van der Waals surface area (Å²) >= 11 is 3.31. The molecule has 0 aliphatic rings. The van der Waals surface area contributed by atoms with E-state index in [0.717, 1.165) is 24.2 Å². The van der Waals surface area contributed by atoms with Gasteiger partial charge in [0.15, 0.2) is 11.6 Å². The number of nitrogens with one attached hydrogen (secondary N) is 1. The van der Waals surface area contributed by atoms with Gasteiger partial charge in [0.05, 0.1) is 6.42 Å². The van der Waals surface area contributed by atoms with Gasteiger partial charge in [0, 0.05) is 16.9 Å². The van der Waals surface area contributed by atoms with E-state index < -0.39 is 11.6 Å². The van der Waals surface area contributed by atoms with Crippen LogP contribution in [0.15, 0.2) is 18.2 Å². The maximum absolute atomic E-state index is 13.3. The van der Waals surface area contributed by atoms with Crippen LogP contribution < -0.4 is 5.32 Å². The zero-order chi connectivity index (χ0) is 13.5. The smallest absolute Gasteiger partial charge is 0.224 e. The fraction of sp³-hybridized carbons (Fsp3) is 0.462. The third-order valence-corrected chi connectivity index (χ3v) is 3.12. The Bertz CT molecular complexity index is 412. The zero-order valence-electron chi connectivity index (χ0n) is 10.2. The average Bonchev–Trinajstić information content (AvgIpc) is 2.32. The molecule has 100 valence electrons. The highest BCUT2D eigenvalue weighted by molar-refractivity contribution is 9.09. The molecule has 2 nitrogen and oxygen atoms in total. The molecule has 0 fully saturated rings. The maximum atomic E-state index is 13.3. The molecular formula is C13H16BrF2NO. The minimum Gasteiger partial charge on any atom is -0.353 e. The highest BCUT2D eigenvalue weighted by atomic mass is 79.9. The topological polar surface area (TPSA) is 29.1 Å². The van der Waals surface area contributed by atoms with E-state index >= 15 is 0 Å². The Kier molecular flexibility index (Phi) is 6.25. The van der Waals surface area contributed by atoms with Gasteiger partial charge in [-0.1, -0.05) is 28.1 Å². The summed E-state index contributed by atoms with van der Waals surface area (Å²) in [6.45, 7) is 1.89. The molecule has 5 heteroatoms. The van der Waals surface area contributed by atoms with Gasteiger partial charge in [0.1, 0.15) is 0 Å². The van der Waals surface area contributed by atoms with Crippen molar-refractivity contribution in [1.29, 1.82) is 0 Å². The zero-order valence-corrected chi connectivity index (χ0v) is 11.8. The van der Waals surface area contributed by atoms with Gasteiger partial charge in [-0.05, 0) is 25.8 Å². The Balaban J connectivity index is 2.52. The van der Waals surface area contributed by atoms with Crippen LogP contribution in [0.25, 0.3) is 0 Å². The largest absolute Gasteiger partial charge is 0.353 e. The van der Waals surface area contributed by atoms with Gasteiger partial charge in [-0.25, -0.2) is 8.78 Å². The molecule has 0 saturated heterocycles. The Morgan fingerprint density at radius 3 is 2.83 bits per heavy atom. The van der Waals surface area contributed by atoms with Gasteiger partial charge in [-0.15, -0.1) is 0 Å². The SMILES string of the molecule is CC(CCCBr)NC(=O)Cc1cccc(F)c1F. The average molecular weight is 320 g/mol. The molecule has 0 aliphatic heterocycles. The number of amides is 1. The molecule has 0 spiro atoms. The minimum atomic E-state index is -0.944. The fourth-order valence-electron chi connectivity index (χ4n) is 1.64. The number of benzene rings is 1. The first-order valence-electron chi connectivity index (χ1n) is 5.82. The van der Waals surface area contributed by atoms with Crippen molar-refractivity contribution in [2.75, 3.05) is 5.33 Å². The summed E-state index contributed by atoms with van der Waals surface area (Å²) in [5, 5.41) is 3.64. The second-order valence-electron chi connectivity index (χ2n) is 4.19. The van der Waals surface area contributed by atoms with Crippen LogP contribution in [0.2, 0.25) is 0 Å². The first-order chi connectivity index (χ1) is 8.54. The molecule has 1 rings (SSSR count). The van der Waals surface area contributed by atoms with Crippen molar-refractivity contribution in [1.82, 2.24) is 5.32 Å². The molecule has 0 radical (unpaired) electrons. The highest BCUT2D eigenvalue weighted by Gasteiger charge is 2.13. The van der Waals surface area contributed by atoms with Crippen molar-refractivity contribution < 1.29 is 13.6 Å². The summed E-state index contributed by atoms with van der Waals surface area (Å²) in [4.78, 5) is 11.6. The van der Waals surface area contributed by atoms with Gasteiger partial charge in [0.25, 0.3) is 0 Å². The van der Waals surface area contributed by atoms with Crippen molar-refractivity contribution in [3.05, 3.63) is 35.4 Å². The molecule has 0 aliphatic carbocycles. The lowest BCUT2D eigenvalue weighted by atomic mass is 10.1. The Hall–Kier alpha value is -0.970. The second-order valence-corrected chi connectivity index (χ2v) is 4.98. The summed E-state index contributed by atoms with van der Waals surface area (Å²) in [5.41, 5.74) is 0.0835. The standard InChI is InChI=1S/C13H16BrF2NO/c1-9(4-3-7-14)17-12(18)8-10-5-2-6-11(15)13(10)16/h2,5-6,9H,3-4,7-8H2,1H3,(H,17,18). The van der Waals surface area contributed by atoms with Crippen molar-refractivity contribution in [3.8, 4) is 0 Å². The number of hydrogen-bond acceptors (Lipinski definition) is 1. The molecule has 1 aromatic carbocycles. The normalized spacial score (nSPS) is 12.2. The van der Waals surface area contributed by atoms with Gasteiger partial charge < -0.3 is 5.32 Å². The molecule has 0 bridgehead atoms. The van der Waals surface area contributed by atoms with Crippen LogP contribution >= 0.6 is 15.9 Å². The summed E-state index contributed by atoms with van der Waals surface area (Å²) < 4.78 is 26.3. The van der Waals surface area contributed by atoms with E-state index in [9.17, 15) is 13.6 Å². The van der Waals surface area contributed by atoms with Crippen LogP contribution in [0.1, 0.15) is 25.3 Å². The third-order valence-electron chi connectivity index (χ3n) is 2.56. The van der Waals surface area contributed by atoms with E-state index in [1.54, 1.807) is 0 Å². The van der Waals surface area contributed by atoms with Crippen LogP contribution in [-0.4, -0.2) is 17.3 Å². The highest BCUT2D eigenvalue weighted by Crippen LogP contribution is 2.12. The predicted octanol–water partition coefficient (Wildman–Crippen LogP) is 3.19. The molecule has 0 aromatic heterocycles. The number of carbonyl (C=O) groups excluding carboxylic acids is 1. The van der Waals surface area contributed by atoms with Crippen LogP contribution in [0, 0.1) is 11.6 Å². The maximum Gasteiger partial charge on any atom is 0.224 e. The lowest BCUT2D eigenvalue weighted by Gasteiger charge is -2.13. The Morgan fingerprint density at radius 1 is 1.44 bits per heavy atom. The van der Waals surface area contributed by atoms with E-state index in [1.807, 2.05) is 6.92 Å². The van der Waals surface area contributed by atoms with Crippen molar-refractivity contribution in [2.24, 2.45) is 0 Å². The number of rotatable bonds is 6. The molecule has 0 saturated carbocycles. The molecule has 18 heavy (non-hydrogen) atoms. The van der Waals surface area contributed by atoms with Gasteiger partial charge in [0.2, 0.25) is 5.91 Å². The summed E-state index contributed by atoms with van der Waals surface area (Å²) in [6.07, 6.45) is 1.67. The van der Waals surface area contributed by atoms with Crippen molar-refractivity contribution in [2.45, 2.75) is 32.2 Å². The van der Waals surface area contributed by atoms with E-state index in [-0.39, 0.29) is 23.9 Å². The number of alkyl halides is 1. The van der Waals surface area contributed by atoms with Crippen LogP contribution in [0.5, 0.6) is 0 Å². The number of carbonyl (C=O) groups is 1. The molecule has 1 amide bonds. The lowest BCUT2D eigenvalue weighted by Crippen LogP contribution is -2.33. The van der Waals surface area contributed by atoms with E-state index in [4.69, 9.17) is 0 Å². The molecule has 1 N–H and O–H groups in total. The number of halogens is 3. The van der Waals surface area contributed by atoms with Crippen LogP contribution in [0.3, 0.4) is 0 Å². The Labute approximate surface area is 114 Å². The molecule has 1 unspecified atom stereocenters. The first-order valence-corrected chi connectivity index (χ1v) is 6.95. The van der Waals surface area contributed by atoms with Gasteiger partial charge in [-0.2, -0.15) is 0 Å². The predicted molar refractivity (Wildman–Crippen MR) is 70.7 cm³/mol. The second kappa shape index (κ2) is 7.46. The molecule has 1 atom stereocenters. The van der Waals surface area contributed by atoms with Crippen molar-refractivity contribution >= 4 is 21.8 Å².